The molecule has 1 aliphatic carbocycles. The van der Waals surface area contributed by atoms with E-state index in [0.717, 1.165) is 5.56 Å². The molecule has 1 heterocycles. The summed E-state index contributed by atoms with van der Waals surface area (Å²) in [6, 6.07) is 17.4. The third-order valence-corrected chi connectivity index (χ3v) is 8.80. The summed E-state index contributed by atoms with van der Waals surface area (Å²) in [5.41, 5.74) is 6.88. The normalized spacial score (nSPS) is 25.9. The van der Waals surface area contributed by atoms with Crippen molar-refractivity contribution in [3.63, 3.8) is 0 Å². The molecule has 1 aliphatic heterocycles. The summed E-state index contributed by atoms with van der Waals surface area (Å²) in [7, 11) is -3.73. The number of aliphatic hydroxyl groups is 1. The molecule has 2 aromatic rings. The lowest BCUT2D eigenvalue weighted by Crippen LogP contribution is -2.57. The van der Waals surface area contributed by atoms with Crippen molar-refractivity contribution in [3.8, 4) is 0 Å². The summed E-state index contributed by atoms with van der Waals surface area (Å²) in [5.74, 6) is 0. The van der Waals surface area contributed by atoms with Crippen molar-refractivity contribution in [1.29, 1.82) is 0 Å². The molecule has 2 aliphatic rings. The summed E-state index contributed by atoms with van der Waals surface area (Å²) in [6.45, 7) is 0.834. The van der Waals surface area contributed by atoms with Crippen LogP contribution >= 0.6 is 0 Å². The van der Waals surface area contributed by atoms with E-state index < -0.39 is 33.8 Å². The van der Waals surface area contributed by atoms with Gasteiger partial charge in [-0.2, -0.15) is 4.31 Å². The minimum atomic E-state index is -3.73. The topological polar surface area (TPSA) is 113 Å². The number of rotatable bonds is 7. The molecule has 2 fully saturated rings. The Morgan fingerprint density at radius 3 is 2.41 bits per heavy atom. The Labute approximate surface area is 201 Å². The molecule has 0 radical (unpaired) electrons. The second-order valence-corrected chi connectivity index (χ2v) is 11.3. The van der Waals surface area contributed by atoms with Crippen LogP contribution in [0.4, 0.5) is 4.79 Å². The van der Waals surface area contributed by atoms with Gasteiger partial charge >= 0.3 is 6.09 Å². The fraction of sp³-hybridized carbons (Fsp3) is 0.480. The van der Waals surface area contributed by atoms with E-state index in [4.69, 9.17) is 10.5 Å². The fourth-order valence-electron chi connectivity index (χ4n) is 4.90. The van der Waals surface area contributed by atoms with Gasteiger partial charge in [-0.15, -0.1) is 0 Å². The van der Waals surface area contributed by atoms with E-state index in [0.29, 0.717) is 32.1 Å². The van der Waals surface area contributed by atoms with Crippen molar-refractivity contribution in [2.75, 3.05) is 19.6 Å². The van der Waals surface area contributed by atoms with Gasteiger partial charge in [0.2, 0.25) is 10.0 Å². The predicted molar refractivity (Wildman–Crippen MR) is 128 cm³/mol. The van der Waals surface area contributed by atoms with Gasteiger partial charge in [0.05, 0.1) is 11.0 Å². The molecule has 9 heteroatoms. The largest absolute Gasteiger partial charge is 0.445 e. The van der Waals surface area contributed by atoms with Gasteiger partial charge < -0.3 is 20.5 Å². The minimum Gasteiger partial charge on any atom is -0.445 e. The molecule has 0 spiro atoms. The number of hydrogen-bond donors (Lipinski definition) is 2. The number of aliphatic hydroxyl groups excluding tert-OH is 1. The van der Waals surface area contributed by atoms with Crippen LogP contribution in [-0.4, -0.2) is 66.1 Å². The van der Waals surface area contributed by atoms with Gasteiger partial charge in [-0.25, -0.2) is 13.2 Å². The molecule has 0 aromatic heterocycles. The fourth-order valence-corrected chi connectivity index (χ4v) is 6.56. The number of amides is 1. The molecule has 184 valence electrons. The highest BCUT2D eigenvalue weighted by Gasteiger charge is 2.40. The smallest absolute Gasteiger partial charge is 0.410 e. The zero-order chi connectivity index (χ0) is 24.2. The monoisotopic (exact) mass is 487 g/mol. The number of sulfonamides is 1. The van der Waals surface area contributed by atoms with Crippen LogP contribution in [0.1, 0.15) is 37.7 Å². The Kier molecular flexibility index (Phi) is 7.57. The molecule has 1 saturated heterocycles. The predicted octanol–water partition coefficient (Wildman–Crippen LogP) is 2.72. The SMILES string of the molecule is NC1(CCC2CN(C(=O)OCc3ccccc3)CCN2S(=O)(=O)c2ccccc2)CCC(O)C1. The van der Waals surface area contributed by atoms with Crippen LogP contribution in [0.5, 0.6) is 0 Å². The lowest BCUT2D eigenvalue weighted by Gasteiger charge is -2.41. The Morgan fingerprint density at radius 2 is 1.76 bits per heavy atom. The zero-order valence-corrected chi connectivity index (χ0v) is 20.1. The van der Waals surface area contributed by atoms with Gasteiger partial charge in [0.15, 0.2) is 0 Å². The van der Waals surface area contributed by atoms with Crippen molar-refractivity contribution in [3.05, 3.63) is 66.2 Å². The van der Waals surface area contributed by atoms with Crippen molar-refractivity contribution in [2.24, 2.45) is 5.73 Å². The van der Waals surface area contributed by atoms with E-state index in [9.17, 15) is 18.3 Å². The van der Waals surface area contributed by atoms with Crippen LogP contribution in [0.3, 0.4) is 0 Å². The molecule has 3 N–H and O–H groups in total. The second-order valence-electron chi connectivity index (χ2n) is 9.37. The van der Waals surface area contributed by atoms with E-state index in [-0.39, 0.29) is 31.1 Å². The number of piperazine rings is 1. The Bertz CT molecular complexity index is 1070. The molecule has 1 amide bonds. The summed E-state index contributed by atoms with van der Waals surface area (Å²) in [6.07, 6.45) is 2.07. The highest BCUT2D eigenvalue weighted by Crippen LogP contribution is 2.34. The Balaban J connectivity index is 1.47. The Hall–Kier alpha value is -2.46. The quantitative estimate of drug-likeness (QED) is 0.621. The van der Waals surface area contributed by atoms with E-state index in [1.807, 2.05) is 30.3 Å². The summed E-state index contributed by atoms with van der Waals surface area (Å²) in [5, 5.41) is 9.94. The molecule has 4 rings (SSSR count). The van der Waals surface area contributed by atoms with Crippen LogP contribution < -0.4 is 5.73 Å². The number of carbonyl (C=O) groups excluding carboxylic acids is 1. The summed E-state index contributed by atoms with van der Waals surface area (Å²) in [4.78, 5) is 14.6. The number of carbonyl (C=O) groups is 1. The third kappa shape index (κ3) is 5.78. The summed E-state index contributed by atoms with van der Waals surface area (Å²) >= 11 is 0. The van der Waals surface area contributed by atoms with Gasteiger partial charge in [0, 0.05) is 31.2 Å². The minimum absolute atomic E-state index is 0.163. The second kappa shape index (κ2) is 10.4. The first-order valence-corrected chi connectivity index (χ1v) is 13.2. The molecular weight excluding hydrogens is 454 g/mol. The average molecular weight is 488 g/mol. The van der Waals surface area contributed by atoms with Crippen molar-refractivity contribution in [2.45, 2.75) is 61.3 Å². The lowest BCUT2D eigenvalue weighted by molar-refractivity contribution is 0.0671. The van der Waals surface area contributed by atoms with Crippen molar-refractivity contribution >= 4 is 16.1 Å². The molecule has 1 saturated carbocycles. The van der Waals surface area contributed by atoms with E-state index in [2.05, 4.69) is 0 Å². The molecule has 0 bridgehead atoms. The van der Waals surface area contributed by atoms with Crippen LogP contribution in [0, 0.1) is 0 Å². The van der Waals surface area contributed by atoms with Crippen LogP contribution in [0.2, 0.25) is 0 Å². The van der Waals surface area contributed by atoms with Gasteiger partial charge in [-0.3, -0.25) is 0 Å². The maximum Gasteiger partial charge on any atom is 0.410 e. The van der Waals surface area contributed by atoms with E-state index in [1.54, 1.807) is 35.2 Å². The number of nitrogens with zero attached hydrogens (tertiary/aromatic N) is 2. The maximum atomic E-state index is 13.4. The molecular formula is C25H33N3O5S. The van der Waals surface area contributed by atoms with Gasteiger partial charge in [0.1, 0.15) is 6.61 Å². The van der Waals surface area contributed by atoms with Gasteiger partial charge in [-0.1, -0.05) is 48.5 Å². The van der Waals surface area contributed by atoms with Crippen molar-refractivity contribution < 1.29 is 23.1 Å². The third-order valence-electron chi connectivity index (χ3n) is 6.83. The average Bonchev–Trinajstić information content (AvgIpc) is 3.20. The van der Waals surface area contributed by atoms with E-state index >= 15 is 0 Å². The maximum absolute atomic E-state index is 13.4. The zero-order valence-electron chi connectivity index (χ0n) is 19.3. The first-order valence-electron chi connectivity index (χ1n) is 11.8. The first kappa shape index (κ1) is 24.7. The highest BCUT2D eigenvalue weighted by molar-refractivity contribution is 7.89. The number of hydrogen-bond acceptors (Lipinski definition) is 6. The summed E-state index contributed by atoms with van der Waals surface area (Å²) < 4.78 is 33.9. The molecule has 34 heavy (non-hydrogen) atoms. The van der Waals surface area contributed by atoms with Gasteiger partial charge in [0.25, 0.3) is 0 Å². The molecule has 2 aromatic carbocycles. The standard InChI is InChI=1S/C25H33N3O5S/c26-25(14-12-22(29)17-25)13-11-21-18-27(24(30)33-19-20-7-3-1-4-8-20)15-16-28(21)34(31,32)23-9-5-2-6-10-23/h1-10,21-22,29H,11-19,26H2. The van der Waals surface area contributed by atoms with Crippen LogP contribution in [-0.2, 0) is 21.4 Å². The van der Waals surface area contributed by atoms with Crippen molar-refractivity contribution in [1.82, 2.24) is 9.21 Å². The van der Waals surface area contributed by atoms with Crippen LogP contribution in [0.15, 0.2) is 65.6 Å². The highest BCUT2D eigenvalue weighted by atomic mass is 32.2. The molecule has 3 atom stereocenters. The number of ether oxygens (including phenoxy) is 1. The first-order chi connectivity index (χ1) is 16.3. The van der Waals surface area contributed by atoms with E-state index in [1.165, 1.54) is 4.31 Å². The van der Waals surface area contributed by atoms with Crippen LogP contribution in [0.25, 0.3) is 0 Å². The Morgan fingerprint density at radius 1 is 1.09 bits per heavy atom. The van der Waals surface area contributed by atoms with Gasteiger partial charge in [-0.05, 0) is 49.8 Å². The molecule has 3 unspecified atom stereocenters. The molecule has 8 nitrogen and oxygen atoms in total. The number of nitrogens with two attached hydrogens (primary N) is 1. The lowest BCUT2D eigenvalue weighted by atomic mass is 9.90. The number of benzene rings is 2.